The van der Waals surface area contributed by atoms with Gasteiger partial charge in [0.2, 0.25) is 11.1 Å². The molecular formula is C14H19N5OS. The third-order valence-electron chi connectivity index (χ3n) is 2.71. The summed E-state index contributed by atoms with van der Waals surface area (Å²) >= 11 is 1.33. The Hall–Kier alpha value is -1.89. The summed E-state index contributed by atoms with van der Waals surface area (Å²) in [5, 5.41) is 10.2. The fourth-order valence-corrected chi connectivity index (χ4v) is 2.33. The molecule has 0 saturated carbocycles. The van der Waals surface area contributed by atoms with Crippen molar-refractivity contribution in [2.45, 2.75) is 31.2 Å². The van der Waals surface area contributed by atoms with Crippen molar-refractivity contribution in [1.29, 1.82) is 0 Å². The fraction of sp³-hybridized carbons (Fsp3) is 0.429. The van der Waals surface area contributed by atoms with Gasteiger partial charge in [-0.2, -0.15) is 4.98 Å². The molecule has 0 aliphatic carbocycles. The molecule has 0 radical (unpaired) electrons. The van der Waals surface area contributed by atoms with E-state index in [1.54, 1.807) is 6.20 Å². The Labute approximate surface area is 128 Å². The van der Waals surface area contributed by atoms with Crippen molar-refractivity contribution >= 4 is 17.7 Å². The minimum absolute atomic E-state index is 0.00196. The zero-order valence-electron chi connectivity index (χ0n) is 12.3. The van der Waals surface area contributed by atoms with Crippen LogP contribution in [-0.4, -0.2) is 37.9 Å². The van der Waals surface area contributed by atoms with Gasteiger partial charge in [-0.05, 0) is 25.0 Å². The van der Waals surface area contributed by atoms with Gasteiger partial charge in [0, 0.05) is 12.7 Å². The molecule has 2 N–H and O–H groups in total. The highest BCUT2D eigenvalue weighted by Crippen LogP contribution is 2.21. The number of nitrogens with zero attached hydrogens (tertiary/aromatic N) is 3. The number of hydrogen-bond acceptors (Lipinski definition) is 5. The summed E-state index contributed by atoms with van der Waals surface area (Å²) in [6.07, 6.45) is 1.70. The zero-order valence-corrected chi connectivity index (χ0v) is 13.1. The molecular weight excluding hydrogens is 286 g/mol. The first kappa shape index (κ1) is 15.5. The molecule has 21 heavy (non-hydrogen) atoms. The number of amides is 1. The monoisotopic (exact) mass is 305 g/mol. The van der Waals surface area contributed by atoms with E-state index in [2.05, 4.69) is 39.3 Å². The number of H-pyrrole nitrogens is 1. The molecule has 2 heterocycles. The van der Waals surface area contributed by atoms with Crippen molar-refractivity contribution in [3.05, 3.63) is 24.4 Å². The first-order valence-corrected chi connectivity index (χ1v) is 7.72. The average Bonchev–Trinajstić information content (AvgIpc) is 2.94. The predicted octanol–water partition coefficient (Wildman–Crippen LogP) is 2.12. The van der Waals surface area contributed by atoms with Crippen molar-refractivity contribution in [2.24, 2.45) is 5.92 Å². The second kappa shape index (κ2) is 7.21. The van der Waals surface area contributed by atoms with E-state index < -0.39 is 0 Å². The standard InChI is InChI=1S/C14H19N5OS/c1-9(2)8-16-13(20)10(3)21-14-17-12(18-19-14)11-6-4-5-7-15-11/h4-7,9-10H,8H2,1-3H3,(H,16,20)(H,17,18,19)/t10-/m1/s1. The van der Waals surface area contributed by atoms with Crippen LogP contribution in [0.3, 0.4) is 0 Å². The summed E-state index contributed by atoms with van der Waals surface area (Å²) in [5.41, 5.74) is 0.730. The summed E-state index contributed by atoms with van der Waals surface area (Å²) in [5.74, 6) is 1.04. The van der Waals surface area contributed by atoms with Gasteiger partial charge >= 0.3 is 0 Å². The lowest BCUT2D eigenvalue weighted by Crippen LogP contribution is -2.33. The summed E-state index contributed by atoms with van der Waals surface area (Å²) in [4.78, 5) is 20.5. The summed E-state index contributed by atoms with van der Waals surface area (Å²) in [7, 11) is 0. The summed E-state index contributed by atoms with van der Waals surface area (Å²) in [6.45, 7) is 6.65. The van der Waals surface area contributed by atoms with E-state index in [-0.39, 0.29) is 11.2 Å². The number of carbonyl (C=O) groups is 1. The molecule has 1 atom stereocenters. The van der Waals surface area contributed by atoms with Crippen LogP contribution in [0.2, 0.25) is 0 Å². The summed E-state index contributed by atoms with van der Waals surface area (Å²) in [6, 6.07) is 5.59. The SMILES string of the molecule is CC(C)CNC(=O)[C@@H](C)Sc1n[nH]c(-c2ccccn2)n1. The largest absolute Gasteiger partial charge is 0.355 e. The maximum atomic E-state index is 11.9. The molecule has 0 saturated heterocycles. The van der Waals surface area contributed by atoms with Gasteiger partial charge in [0.05, 0.1) is 5.25 Å². The van der Waals surface area contributed by atoms with E-state index in [1.807, 2.05) is 25.1 Å². The van der Waals surface area contributed by atoms with Crippen LogP contribution in [0.1, 0.15) is 20.8 Å². The van der Waals surface area contributed by atoms with Crippen molar-refractivity contribution in [3.8, 4) is 11.5 Å². The second-order valence-corrected chi connectivity index (χ2v) is 6.39. The van der Waals surface area contributed by atoms with Crippen LogP contribution in [0.15, 0.2) is 29.6 Å². The minimum atomic E-state index is -0.240. The first-order chi connectivity index (χ1) is 10.1. The topological polar surface area (TPSA) is 83.6 Å². The van der Waals surface area contributed by atoms with E-state index >= 15 is 0 Å². The van der Waals surface area contributed by atoms with Crippen LogP contribution in [0, 0.1) is 5.92 Å². The molecule has 0 fully saturated rings. The lowest BCUT2D eigenvalue weighted by molar-refractivity contribution is -0.120. The molecule has 0 bridgehead atoms. The van der Waals surface area contributed by atoms with Gasteiger partial charge in [-0.25, -0.2) is 0 Å². The Morgan fingerprint density at radius 3 is 2.86 bits per heavy atom. The molecule has 7 heteroatoms. The van der Waals surface area contributed by atoms with Crippen molar-refractivity contribution in [3.63, 3.8) is 0 Å². The number of pyridine rings is 1. The van der Waals surface area contributed by atoms with Gasteiger partial charge in [-0.1, -0.05) is 31.7 Å². The molecule has 1 amide bonds. The van der Waals surface area contributed by atoms with Crippen LogP contribution in [0.25, 0.3) is 11.5 Å². The Balaban J connectivity index is 1.95. The molecule has 6 nitrogen and oxygen atoms in total. The molecule has 0 aliphatic rings. The van der Waals surface area contributed by atoms with Crippen molar-refractivity contribution < 1.29 is 4.79 Å². The molecule has 0 unspecified atom stereocenters. The van der Waals surface area contributed by atoms with E-state index in [0.717, 1.165) is 5.69 Å². The average molecular weight is 305 g/mol. The zero-order chi connectivity index (χ0) is 15.2. The first-order valence-electron chi connectivity index (χ1n) is 6.84. The summed E-state index contributed by atoms with van der Waals surface area (Å²) < 4.78 is 0. The third kappa shape index (κ3) is 4.56. The quantitative estimate of drug-likeness (QED) is 0.799. The molecule has 0 spiro atoms. The maximum absolute atomic E-state index is 11.9. The molecule has 0 aromatic carbocycles. The van der Waals surface area contributed by atoms with Gasteiger partial charge in [0.1, 0.15) is 5.69 Å². The number of carbonyl (C=O) groups excluding carboxylic acids is 1. The van der Waals surface area contributed by atoms with Crippen molar-refractivity contribution in [1.82, 2.24) is 25.5 Å². The van der Waals surface area contributed by atoms with Crippen LogP contribution >= 0.6 is 11.8 Å². The second-order valence-electron chi connectivity index (χ2n) is 5.08. The van der Waals surface area contributed by atoms with Gasteiger partial charge in [-0.15, -0.1) is 5.10 Å². The van der Waals surface area contributed by atoms with E-state index in [1.165, 1.54) is 11.8 Å². The number of rotatable bonds is 6. The molecule has 2 aromatic rings. The van der Waals surface area contributed by atoms with Gasteiger partial charge in [0.15, 0.2) is 5.82 Å². The molecule has 2 aromatic heterocycles. The lowest BCUT2D eigenvalue weighted by atomic mass is 10.2. The number of hydrogen-bond donors (Lipinski definition) is 2. The van der Waals surface area contributed by atoms with E-state index in [4.69, 9.17) is 0 Å². The molecule has 2 rings (SSSR count). The number of thioether (sulfide) groups is 1. The molecule has 0 aliphatic heterocycles. The fourth-order valence-electron chi connectivity index (χ4n) is 1.58. The van der Waals surface area contributed by atoms with Crippen molar-refractivity contribution in [2.75, 3.05) is 6.54 Å². The Bertz CT molecular complexity index is 584. The minimum Gasteiger partial charge on any atom is -0.355 e. The Morgan fingerprint density at radius 2 is 2.19 bits per heavy atom. The number of aromatic amines is 1. The predicted molar refractivity (Wildman–Crippen MR) is 82.8 cm³/mol. The highest BCUT2D eigenvalue weighted by molar-refractivity contribution is 8.00. The Morgan fingerprint density at radius 1 is 1.38 bits per heavy atom. The normalized spacial score (nSPS) is 12.4. The molecule has 112 valence electrons. The van der Waals surface area contributed by atoms with Crippen LogP contribution in [0.4, 0.5) is 0 Å². The van der Waals surface area contributed by atoms with E-state index in [9.17, 15) is 4.79 Å². The van der Waals surface area contributed by atoms with Gasteiger partial charge in [0.25, 0.3) is 0 Å². The van der Waals surface area contributed by atoms with E-state index in [0.29, 0.717) is 23.4 Å². The number of nitrogens with one attached hydrogen (secondary N) is 2. The van der Waals surface area contributed by atoms with Crippen LogP contribution in [-0.2, 0) is 4.79 Å². The van der Waals surface area contributed by atoms with Crippen LogP contribution in [0.5, 0.6) is 0 Å². The highest BCUT2D eigenvalue weighted by Gasteiger charge is 2.17. The maximum Gasteiger partial charge on any atom is 0.233 e. The lowest BCUT2D eigenvalue weighted by Gasteiger charge is -2.11. The van der Waals surface area contributed by atoms with Gasteiger partial charge < -0.3 is 5.32 Å². The van der Waals surface area contributed by atoms with Gasteiger partial charge in [-0.3, -0.25) is 14.9 Å². The Kier molecular flexibility index (Phi) is 5.32. The smallest absolute Gasteiger partial charge is 0.233 e. The van der Waals surface area contributed by atoms with Crippen LogP contribution < -0.4 is 5.32 Å². The highest BCUT2D eigenvalue weighted by atomic mass is 32.2. The number of aromatic nitrogens is 4. The third-order valence-corrected chi connectivity index (χ3v) is 3.67.